The molecule has 3 aromatic carbocycles. The van der Waals surface area contributed by atoms with Gasteiger partial charge in [0.15, 0.2) is 0 Å². The summed E-state index contributed by atoms with van der Waals surface area (Å²) in [4.78, 5) is 25.2. The minimum absolute atomic E-state index is 0.0620. The zero-order chi connectivity index (χ0) is 20.6. The van der Waals surface area contributed by atoms with Crippen LogP contribution in [0, 0.1) is 0 Å². The van der Waals surface area contributed by atoms with Crippen molar-refractivity contribution in [1.29, 1.82) is 0 Å². The Labute approximate surface area is 172 Å². The molecule has 6 heteroatoms. The lowest BCUT2D eigenvalue weighted by atomic mass is 10.1. The maximum Gasteiger partial charge on any atom is 0.339 e. The van der Waals surface area contributed by atoms with Crippen molar-refractivity contribution >= 4 is 28.4 Å². The van der Waals surface area contributed by atoms with E-state index in [4.69, 9.17) is 4.74 Å². The Kier molecular flexibility index (Phi) is 6.92. The van der Waals surface area contributed by atoms with Crippen LogP contribution in [0.4, 0.5) is 5.69 Å². The molecule has 0 aliphatic carbocycles. The fourth-order valence-electron chi connectivity index (χ4n) is 2.69. The van der Waals surface area contributed by atoms with Gasteiger partial charge in [-0.2, -0.15) is 0 Å². The lowest BCUT2D eigenvalue weighted by Gasteiger charge is -2.09. The molecule has 29 heavy (non-hydrogen) atoms. The minimum Gasteiger partial charge on any atom is -0.457 e. The molecule has 148 valence electrons. The van der Waals surface area contributed by atoms with Gasteiger partial charge in [0.1, 0.15) is 6.61 Å². The second-order valence-corrected chi connectivity index (χ2v) is 7.93. The predicted octanol–water partition coefficient (Wildman–Crippen LogP) is 4.42. The first-order valence-electron chi connectivity index (χ1n) is 9.18. The van der Waals surface area contributed by atoms with Crippen LogP contribution in [-0.2, 0) is 22.1 Å². The van der Waals surface area contributed by atoms with Crippen molar-refractivity contribution in [1.82, 2.24) is 0 Å². The Morgan fingerprint density at radius 3 is 2.24 bits per heavy atom. The van der Waals surface area contributed by atoms with E-state index >= 15 is 0 Å². The first-order valence-corrected chi connectivity index (χ1v) is 10.5. The molecular weight excluding hydrogens is 386 g/mol. The van der Waals surface area contributed by atoms with Gasteiger partial charge < -0.3 is 10.1 Å². The summed E-state index contributed by atoms with van der Waals surface area (Å²) in [5.41, 5.74) is 2.29. The molecule has 0 aromatic heterocycles. The van der Waals surface area contributed by atoms with Crippen LogP contribution < -0.4 is 5.32 Å². The molecule has 0 saturated heterocycles. The van der Waals surface area contributed by atoms with E-state index in [1.807, 2.05) is 30.3 Å². The van der Waals surface area contributed by atoms with Crippen molar-refractivity contribution in [3.05, 3.63) is 95.6 Å². The van der Waals surface area contributed by atoms with Gasteiger partial charge in [-0.3, -0.25) is 9.00 Å². The van der Waals surface area contributed by atoms with Gasteiger partial charge in [0.2, 0.25) is 0 Å². The number of esters is 1. The van der Waals surface area contributed by atoms with E-state index in [0.717, 1.165) is 11.3 Å². The number of benzene rings is 3. The molecular formula is C23H21NO4S. The van der Waals surface area contributed by atoms with Crippen molar-refractivity contribution in [3.8, 4) is 0 Å². The fourth-order valence-corrected chi connectivity index (χ4v) is 3.63. The quantitative estimate of drug-likeness (QED) is 0.589. The third kappa shape index (κ3) is 5.39. The number of carbonyl (C=O) groups is 2. The molecule has 3 aromatic rings. The van der Waals surface area contributed by atoms with Crippen molar-refractivity contribution in [2.45, 2.75) is 18.4 Å². The summed E-state index contributed by atoms with van der Waals surface area (Å²) in [5, 5.41) is 2.82. The number of hydrogen-bond donors (Lipinski definition) is 1. The molecule has 5 nitrogen and oxygen atoms in total. The Bertz CT molecular complexity index is 1020. The standard InChI is InChI=1S/C23H21NO4S/c1-2-29(27)21-11-7-6-10-20(21)23(26)28-16-17-12-14-18(15-13-17)22(25)24-19-8-4-3-5-9-19/h3-15H,2,16H2,1H3,(H,24,25)/t29-/m0/s1. The van der Waals surface area contributed by atoms with Gasteiger partial charge in [0.05, 0.1) is 21.3 Å². The normalized spacial score (nSPS) is 11.5. The van der Waals surface area contributed by atoms with Crippen LogP contribution in [0.15, 0.2) is 83.8 Å². The SMILES string of the molecule is CC[S@](=O)c1ccccc1C(=O)OCc1ccc(C(=O)Nc2ccccc2)cc1. The summed E-state index contributed by atoms with van der Waals surface area (Å²) in [6, 6.07) is 22.8. The Morgan fingerprint density at radius 1 is 0.897 bits per heavy atom. The lowest BCUT2D eigenvalue weighted by Crippen LogP contribution is -2.12. The summed E-state index contributed by atoms with van der Waals surface area (Å²) in [6.07, 6.45) is 0. The average Bonchev–Trinajstić information content (AvgIpc) is 2.78. The number of anilines is 1. The number of carbonyl (C=O) groups excluding carboxylic acids is 2. The molecule has 1 N–H and O–H groups in total. The van der Waals surface area contributed by atoms with Crippen LogP contribution in [0.1, 0.15) is 33.2 Å². The second kappa shape index (κ2) is 9.80. The van der Waals surface area contributed by atoms with Gasteiger partial charge in [-0.05, 0) is 42.0 Å². The summed E-state index contributed by atoms with van der Waals surface area (Å²) in [7, 11) is -1.24. The lowest BCUT2D eigenvalue weighted by molar-refractivity contribution is 0.0468. The molecule has 0 aliphatic rings. The number of rotatable bonds is 7. The molecule has 0 bridgehead atoms. The molecule has 0 radical (unpaired) electrons. The Morgan fingerprint density at radius 2 is 1.55 bits per heavy atom. The molecule has 1 amide bonds. The van der Waals surface area contributed by atoms with Gasteiger partial charge in [0.25, 0.3) is 5.91 Å². The monoisotopic (exact) mass is 407 g/mol. The highest BCUT2D eigenvalue weighted by Gasteiger charge is 2.16. The van der Waals surface area contributed by atoms with Crippen molar-refractivity contribution in [2.24, 2.45) is 0 Å². The molecule has 3 rings (SSSR count). The van der Waals surface area contributed by atoms with E-state index < -0.39 is 16.8 Å². The van der Waals surface area contributed by atoms with Crippen molar-refractivity contribution in [2.75, 3.05) is 11.1 Å². The zero-order valence-electron chi connectivity index (χ0n) is 16.0. The number of amides is 1. The molecule has 1 atom stereocenters. The Balaban J connectivity index is 1.61. The third-order valence-corrected chi connectivity index (χ3v) is 5.60. The van der Waals surface area contributed by atoms with Gasteiger partial charge in [-0.15, -0.1) is 0 Å². The van der Waals surface area contributed by atoms with Crippen LogP contribution in [0.5, 0.6) is 0 Å². The van der Waals surface area contributed by atoms with Crippen LogP contribution in [-0.4, -0.2) is 21.8 Å². The van der Waals surface area contributed by atoms with Crippen LogP contribution in [0.25, 0.3) is 0 Å². The molecule has 0 saturated carbocycles. The number of hydrogen-bond acceptors (Lipinski definition) is 4. The van der Waals surface area contributed by atoms with Crippen LogP contribution >= 0.6 is 0 Å². The predicted molar refractivity (Wildman–Crippen MR) is 113 cm³/mol. The van der Waals surface area contributed by atoms with Crippen molar-refractivity contribution < 1.29 is 18.5 Å². The molecule has 0 heterocycles. The van der Waals surface area contributed by atoms with E-state index in [1.165, 1.54) is 0 Å². The topological polar surface area (TPSA) is 72.5 Å². The van der Waals surface area contributed by atoms with Crippen molar-refractivity contribution in [3.63, 3.8) is 0 Å². The smallest absolute Gasteiger partial charge is 0.339 e. The minimum atomic E-state index is -1.24. The van der Waals surface area contributed by atoms with E-state index in [0.29, 0.717) is 21.8 Å². The highest BCUT2D eigenvalue weighted by Crippen LogP contribution is 2.16. The molecule has 0 fully saturated rings. The van der Waals surface area contributed by atoms with Crippen LogP contribution in [0.2, 0.25) is 0 Å². The summed E-state index contributed by atoms with van der Waals surface area (Å²) >= 11 is 0. The number of ether oxygens (including phenoxy) is 1. The number of para-hydroxylation sites is 1. The molecule has 0 unspecified atom stereocenters. The van der Waals surface area contributed by atoms with Gasteiger partial charge in [0, 0.05) is 17.0 Å². The van der Waals surface area contributed by atoms with E-state index in [9.17, 15) is 13.8 Å². The van der Waals surface area contributed by atoms with Crippen LogP contribution in [0.3, 0.4) is 0 Å². The summed E-state index contributed by atoms with van der Waals surface area (Å²) in [6.45, 7) is 1.86. The van der Waals surface area contributed by atoms with E-state index in [2.05, 4.69) is 5.32 Å². The summed E-state index contributed by atoms with van der Waals surface area (Å²) < 4.78 is 17.5. The average molecular weight is 407 g/mol. The number of nitrogens with one attached hydrogen (secondary N) is 1. The largest absolute Gasteiger partial charge is 0.457 e. The van der Waals surface area contributed by atoms with Gasteiger partial charge >= 0.3 is 5.97 Å². The first-order chi connectivity index (χ1) is 14.1. The van der Waals surface area contributed by atoms with E-state index in [-0.39, 0.29) is 12.5 Å². The second-order valence-electron chi connectivity index (χ2n) is 6.22. The van der Waals surface area contributed by atoms with Gasteiger partial charge in [-0.1, -0.05) is 49.4 Å². The molecule has 0 aliphatic heterocycles. The fraction of sp³-hybridized carbons (Fsp3) is 0.130. The maximum absolute atomic E-state index is 12.4. The highest BCUT2D eigenvalue weighted by molar-refractivity contribution is 7.85. The first kappa shape index (κ1) is 20.5. The maximum atomic E-state index is 12.4. The van der Waals surface area contributed by atoms with Gasteiger partial charge in [-0.25, -0.2) is 4.79 Å². The van der Waals surface area contributed by atoms with E-state index in [1.54, 1.807) is 55.5 Å². The summed E-state index contributed by atoms with van der Waals surface area (Å²) in [5.74, 6) is -0.305. The highest BCUT2D eigenvalue weighted by atomic mass is 32.2. The molecule has 0 spiro atoms. The third-order valence-electron chi connectivity index (χ3n) is 4.23. The zero-order valence-corrected chi connectivity index (χ0v) is 16.8. The Hall–Kier alpha value is -3.25.